The lowest BCUT2D eigenvalue weighted by Crippen LogP contribution is -2.50. The lowest BCUT2D eigenvalue weighted by molar-refractivity contribution is -0.384. The third-order valence-electron chi connectivity index (χ3n) is 4.45. The number of carbonyl (C=O) groups excluding carboxylic acids is 1. The van der Waals surface area contributed by atoms with Crippen LogP contribution in [0.25, 0.3) is 0 Å². The molecule has 0 spiro atoms. The molecule has 0 unspecified atom stereocenters. The molecule has 28 heavy (non-hydrogen) atoms. The van der Waals surface area contributed by atoms with Gasteiger partial charge in [-0.05, 0) is 30.3 Å². The van der Waals surface area contributed by atoms with E-state index in [4.69, 9.17) is 5.26 Å². The van der Waals surface area contributed by atoms with Crippen LogP contribution in [0.4, 0.5) is 5.69 Å². The maximum absolute atomic E-state index is 12.7. The van der Waals surface area contributed by atoms with Gasteiger partial charge in [0.2, 0.25) is 10.0 Å². The largest absolute Gasteiger partial charge is 0.336 e. The molecule has 144 valence electrons. The van der Waals surface area contributed by atoms with Gasteiger partial charge in [0.25, 0.3) is 11.6 Å². The molecule has 3 rings (SSSR count). The van der Waals surface area contributed by atoms with E-state index in [1.165, 1.54) is 22.5 Å². The molecule has 1 saturated heterocycles. The Kier molecular flexibility index (Phi) is 5.39. The Balaban J connectivity index is 1.69. The summed E-state index contributed by atoms with van der Waals surface area (Å²) in [5, 5.41) is 19.7. The van der Waals surface area contributed by atoms with Crippen LogP contribution in [-0.4, -0.2) is 54.6 Å². The third kappa shape index (κ3) is 3.85. The lowest BCUT2D eigenvalue weighted by Gasteiger charge is -2.34. The molecule has 1 fully saturated rings. The predicted molar refractivity (Wildman–Crippen MR) is 98.9 cm³/mol. The SMILES string of the molecule is N#Cc1cccc(C(=O)N2CCN(S(=O)(=O)c3ccc([N+](=O)[O-])cc3)CC2)c1. The van der Waals surface area contributed by atoms with Crippen molar-refractivity contribution in [1.82, 2.24) is 9.21 Å². The van der Waals surface area contributed by atoms with E-state index in [1.807, 2.05) is 6.07 Å². The number of sulfonamides is 1. The molecule has 1 heterocycles. The van der Waals surface area contributed by atoms with E-state index in [1.54, 1.807) is 23.1 Å². The van der Waals surface area contributed by atoms with Crippen molar-refractivity contribution in [2.75, 3.05) is 26.2 Å². The van der Waals surface area contributed by atoms with Crippen LogP contribution in [0.3, 0.4) is 0 Å². The minimum atomic E-state index is -3.80. The monoisotopic (exact) mass is 400 g/mol. The van der Waals surface area contributed by atoms with Crippen LogP contribution in [0, 0.1) is 21.4 Å². The summed E-state index contributed by atoms with van der Waals surface area (Å²) in [4.78, 5) is 24.2. The van der Waals surface area contributed by atoms with Crippen molar-refractivity contribution in [2.24, 2.45) is 0 Å². The van der Waals surface area contributed by atoms with E-state index in [9.17, 15) is 23.3 Å². The Morgan fingerprint density at radius 2 is 1.71 bits per heavy atom. The zero-order chi connectivity index (χ0) is 20.3. The van der Waals surface area contributed by atoms with Crippen molar-refractivity contribution in [3.8, 4) is 6.07 Å². The topological polar surface area (TPSA) is 125 Å². The van der Waals surface area contributed by atoms with Crippen molar-refractivity contribution >= 4 is 21.6 Å². The maximum atomic E-state index is 12.7. The van der Waals surface area contributed by atoms with E-state index < -0.39 is 14.9 Å². The molecule has 0 radical (unpaired) electrons. The molecule has 0 atom stereocenters. The molecule has 0 aromatic heterocycles. The predicted octanol–water partition coefficient (Wildman–Crippen LogP) is 1.61. The molecule has 10 heteroatoms. The molecule has 1 aliphatic heterocycles. The lowest BCUT2D eigenvalue weighted by atomic mass is 10.1. The number of rotatable bonds is 4. The van der Waals surface area contributed by atoms with Gasteiger partial charge < -0.3 is 4.90 Å². The Hall–Kier alpha value is -3.29. The van der Waals surface area contributed by atoms with Crippen molar-refractivity contribution in [1.29, 1.82) is 5.26 Å². The first kappa shape index (κ1) is 19.5. The molecule has 1 aliphatic rings. The van der Waals surface area contributed by atoms with Crippen LogP contribution in [0.15, 0.2) is 53.4 Å². The van der Waals surface area contributed by atoms with Gasteiger partial charge in [-0.25, -0.2) is 8.42 Å². The van der Waals surface area contributed by atoms with Gasteiger partial charge >= 0.3 is 0 Å². The van der Waals surface area contributed by atoms with Gasteiger partial charge in [-0.2, -0.15) is 9.57 Å². The summed E-state index contributed by atoms with van der Waals surface area (Å²) in [7, 11) is -3.80. The molecule has 0 bridgehead atoms. The number of nitriles is 1. The summed E-state index contributed by atoms with van der Waals surface area (Å²) in [5.74, 6) is -0.260. The van der Waals surface area contributed by atoms with E-state index in [2.05, 4.69) is 0 Å². The van der Waals surface area contributed by atoms with Gasteiger partial charge in [0, 0.05) is 43.9 Å². The fraction of sp³-hybridized carbons (Fsp3) is 0.222. The second-order valence-electron chi connectivity index (χ2n) is 6.14. The summed E-state index contributed by atoms with van der Waals surface area (Å²) in [6, 6.07) is 13.0. The zero-order valence-corrected chi connectivity index (χ0v) is 15.5. The van der Waals surface area contributed by atoms with Crippen molar-refractivity contribution in [3.63, 3.8) is 0 Å². The summed E-state index contributed by atoms with van der Waals surface area (Å²) >= 11 is 0. The van der Waals surface area contributed by atoms with Crippen LogP contribution >= 0.6 is 0 Å². The van der Waals surface area contributed by atoms with Crippen molar-refractivity contribution < 1.29 is 18.1 Å². The van der Waals surface area contributed by atoms with E-state index >= 15 is 0 Å². The average Bonchev–Trinajstić information content (AvgIpc) is 2.73. The second kappa shape index (κ2) is 7.75. The highest BCUT2D eigenvalue weighted by Gasteiger charge is 2.30. The van der Waals surface area contributed by atoms with Gasteiger partial charge in [-0.15, -0.1) is 0 Å². The number of piperazine rings is 1. The molecule has 2 aromatic carbocycles. The highest BCUT2D eigenvalue weighted by molar-refractivity contribution is 7.89. The number of nitro groups is 1. The van der Waals surface area contributed by atoms with Crippen LogP contribution in [-0.2, 0) is 10.0 Å². The quantitative estimate of drug-likeness (QED) is 0.567. The van der Waals surface area contributed by atoms with E-state index in [0.29, 0.717) is 11.1 Å². The zero-order valence-electron chi connectivity index (χ0n) is 14.7. The first-order chi connectivity index (χ1) is 13.3. The normalized spacial score (nSPS) is 15.0. The number of nitrogens with zero attached hydrogens (tertiary/aromatic N) is 4. The smallest absolute Gasteiger partial charge is 0.269 e. The molecular weight excluding hydrogens is 384 g/mol. The number of non-ortho nitro benzene ring substituents is 1. The van der Waals surface area contributed by atoms with Crippen LogP contribution in [0.1, 0.15) is 15.9 Å². The minimum Gasteiger partial charge on any atom is -0.336 e. The number of nitro benzene ring substituents is 1. The van der Waals surface area contributed by atoms with Crippen LogP contribution in [0.2, 0.25) is 0 Å². The molecule has 2 aromatic rings. The minimum absolute atomic E-state index is 0.0282. The number of hydrogen-bond acceptors (Lipinski definition) is 6. The first-order valence-corrected chi connectivity index (χ1v) is 9.81. The molecule has 0 saturated carbocycles. The highest BCUT2D eigenvalue weighted by Crippen LogP contribution is 2.21. The number of benzene rings is 2. The molecular formula is C18H16N4O5S. The third-order valence-corrected chi connectivity index (χ3v) is 6.36. The standard InChI is InChI=1S/C18H16N4O5S/c19-13-14-2-1-3-15(12-14)18(23)20-8-10-21(11-9-20)28(26,27)17-6-4-16(5-7-17)22(24)25/h1-7,12H,8-11H2. The Morgan fingerprint density at radius 1 is 1.07 bits per heavy atom. The Bertz CT molecular complexity index is 1050. The number of hydrogen-bond donors (Lipinski definition) is 0. The molecule has 0 N–H and O–H groups in total. The van der Waals surface area contributed by atoms with Gasteiger partial charge in [0.1, 0.15) is 0 Å². The Labute approximate surface area is 161 Å². The van der Waals surface area contributed by atoms with Gasteiger partial charge in [-0.1, -0.05) is 6.07 Å². The first-order valence-electron chi connectivity index (χ1n) is 8.37. The van der Waals surface area contributed by atoms with Crippen LogP contribution < -0.4 is 0 Å². The van der Waals surface area contributed by atoms with Gasteiger partial charge in [0.15, 0.2) is 0 Å². The molecule has 0 aliphatic carbocycles. The van der Waals surface area contributed by atoms with E-state index in [-0.39, 0.29) is 42.7 Å². The van der Waals surface area contributed by atoms with Gasteiger partial charge in [-0.3, -0.25) is 14.9 Å². The van der Waals surface area contributed by atoms with Gasteiger partial charge in [0.05, 0.1) is 21.5 Å². The molecule has 1 amide bonds. The summed E-state index contributed by atoms with van der Waals surface area (Å²) < 4.78 is 26.7. The van der Waals surface area contributed by atoms with Crippen molar-refractivity contribution in [2.45, 2.75) is 4.90 Å². The van der Waals surface area contributed by atoms with E-state index in [0.717, 1.165) is 12.1 Å². The maximum Gasteiger partial charge on any atom is 0.269 e. The fourth-order valence-corrected chi connectivity index (χ4v) is 4.35. The Morgan fingerprint density at radius 3 is 2.29 bits per heavy atom. The number of amides is 1. The van der Waals surface area contributed by atoms with Crippen molar-refractivity contribution in [3.05, 3.63) is 69.8 Å². The summed E-state index contributed by atoms with van der Waals surface area (Å²) in [5.41, 5.74) is 0.574. The number of carbonyl (C=O) groups is 1. The fourth-order valence-electron chi connectivity index (χ4n) is 2.92. The molecule has 9 nitrogen and oxygen atoms in total. The second-order valence-corrected chi connectivity index (χ2v) is 8.08. The average molecular weight is 400 g/mol. The van der Waals surface area contributed by atoms with Crippen LogP contribution in [0.5, 0.6) is 0 Å². The highest BCUT2D eigenvalue weighted by atomic mass is 32.2. The summed E-state index contributed by atoms with van der Waals surface area (Å²) in [6.45, 7) is 0.648. The summed E-state index contributed by atoms with van der Waals surface area (Å²) in [6.07, 6.45) is 0.